The fourth-order valence-electron chi connectivity index (χ4n) is 3.07. The van der Waals surface area contributed by atoms with Crippen LogP contribution in [-0.2, 0) is 4.74 Å². The maximum absolute atomic E-state index is 12.4. The van der Waals surface area contributed by atoms with E-state index in [2.05, 4.69) is 9.64 Å². The van der Waals surface area contributed by atoms with Gasteiger partial charge >= 0.3 is 6.61 Å². The summed E-state index contributed by atoms with van der Waals surface area (Å²) in [6, 6.07) is 11.5. The molecule has 0 spiro atoms. The Kier molecular flexibility index (Phi) is 8.37. The number of halogens is 2. The van der Waals surface area contributed by atoms with Gasteiger partial charge in [-0.1, -0.05) is 18.2 Å². The molecule has 1 saturated heterocycles. The number of morpholine rings is 1. The van der Waals surface area contributed by atoms with Gasteiger partial charge in [-0.05, 0) is 42.0 Å². The molecular weight excluding hydrogens is 408 g/mol. The number of methoxy groups -OCH3 is 1. The predicted octanol–water partition coefficient (Wildman–Crippen LogP) is 3.90. The highest BCUT2D eigenvalue weighted by Crippen LogP contribution is 2.29. The number of carbonyl (C=O) groups excluding carboxylic acids is 1. The van der Waals surface area contributed by atoms with Crippen LogP contribution in [0.25, 0.3) is 6.08 Å². The first-order chi connectivity index (χ1) is 15.0. The molecule has 1 aliphatic rings. The second-order valence-corrected chi connectivity index (χ2v) is 6.81. The number of nitrogens with zero attached hydrogens (tertiary/aromatic N) is 1. The smallest absolute Gasteiger partial charge is 0.387 e. The number of alkyl halides is 2. The molecule has 2 aromatic carbocycles. The number of rotatable bonds is 10. The molecule has 1 aliphatic heterocycles. The molecule has 0 atom stereocenters. The lowest BCUT2D eigenvalue weighted by molar-refractivity contribution is -0.0512. The average molecular weight is 433 g/mol. The van der Waals surface area contributed by atoms with Gasteiger partial charge in [0.1, 0.15) is 12.4 Å². The third-order valence-corrected chi connectivity index (χ3v) is 4.75. The lowest BCUT2D eigenvalue weighted by Gasteiger charge is -2.26. The van der Waals surface area contributed by atoms with Crippen LogP contribution in [0.3, 0.4) is 0 Å². The van der Waals surface area contributed by atoms with E-state index in [1.54, 1.807) is 6.08 Å². The highest BCUT2D eigenvalue weighted by molar-refractivity contribution is 6.07. The van der Waals surface area contributed by atoms with E-state index in [1.807, 2.05) is 24.3 Å². The predicted molar refractivity (Wildman–Crippen MR) is 112 cm³/mol. The molecule has 6 nitrogen and oxygen atoms in total. The number of hydrogen-bond acceptors (Lipinski definition) is 6. The van der Waals surface area contributed by atoms with Gasteiger partial charge in [-0.15, -0.1) is 0 Å². The second kappa shape index (κ2) is 11.4. The Morgan fingerprint density at radius 3 is 2.55 bits per heavy atom. The number of ketones is 1. The van der Waals surface area contributed by atoms with Crippen molar-refractivity contribution >= 4 is 11.9 Å². The fraction of sp³-hybridized carbons (Fsp3) is 0.348. The number of ether oxygens (including phenoxy) is 4. The Bertz CT molecular complexity index is 880. The zero-order valence-corrected chi connectivity index (χ0v) is 17.3. The van der Waals surface area contributed by atoms with E-state index >= 15 is 0 Å². The van der Waals surface area contributed by atoms with Gasteiger partial charge in [0.15, 0.2) is 17.3 Å². The van der Waals surface area contributed by atoms with E-state index < -0.39 is 6.61 Å². The highest BCUT2D eigenvalue weighted by Gasteiger charge is 2.13. The second-order valence-electron chi connectivity index (χ2n) is 6.81. The molecule has 31 heavy (non-hydrogen) atoms. The van der Waals surface area contributed by atoms with Crippen molar-refractivity contribution in [3.8, 4) is 17.2 Å². The maximum Gasteiger partial charge on any atom is 0.387 e. The molecule has 0 aliphatic carbocycles. The van der Waals surface area contributed by atoms with Crippen LogP contribution in [0.5, 0.6) is 17.2 Å². The SMILES string of the molecule is COc1cc(C(=O)/C=C/c2ccc(OCCN3CCOCC3)cc2)ccc1OC(F)F. The van der Waals surface area contributed by atoms with Crippen LogP contribution in [0.1, 0.15) is 15.9 Å². The first-order valence-electron chi connectivity index (χ1n) is 9.93. The van der Waals surface area contributed by atoms with Gasteiger partial charge in [-0.3, -0.25) is 9.69 Å². The molecule has 8 heteroatoms. The van der Waals surface area contributed by atoms with Gasteiger partial charge < -0.3 is 18.9 Å². The number of hydrogen-bond donors (Lipinski definition) is 0. The van der Waals surface area contributed by atoms with Crippen molar-refractivity contribution in [1.29, 1.82) is 0 Å². The summed E-state index contributed by atoms with van der Waals surface area (Å²) >= 11 is 0. The van der Waals surface area contributed by atoms with E-state index in [4.69, 9.17) is 14.2 Å². The number of benzene rings is 2. The molecule has 0 N–H and O–H groups in total. The zero-order chi connectivity index (χ0) is 22.1. The average Bonchev–Trinajstić information content (AvgIpc) is 2.79. The van der Waals surface area contributed by atoms with E-state index in [-0.39, 0.29) is 17.3 Å². The Hall–Kier alpha value is -2.97. The monoisotopic (exact) mass is 433 g/mol. The third kappa shape index (κ3) is 7.04. The van der Waals surface area contributed by atoms with Crippen molar-refractivity contribution in [2.24, 2.45) is 0 Å². The molecule has 1 fully saturated rings. The molecule has 0 unspecified atom stereocenters. The van der Waals surface area contributed by atoms with Gasteiger partial charge in [0.05, 0.1) is 20.3 Å². The first-order valence-corrected chi connectivity index (χ1v) is 9.93. The van der Waals surface area contributed by atoms with Crippen molar-refractivity contribution in [2.45, 2.75) is 6.61 Å². The van der Waals surface area contributed by atoms with Crippen LogP contribution in [0, 0.1) is 0 Å². The van der Waals surface area contributed by atoms with Gasteiger partial charge in [0.25, 0.3) is 0 Å². The number of allylic oxidation sites excluding steroid dienone is 1. The maximum atomic E-state index is 12.4. The van der Waals surface area contributed by atoms with E-state index in [0.29, 0.717) is 12.2 Å². The van der Waals surface area contributed by atoms with Gasteiger partial charge in [0.2, 0.25) is 0 Å². The molecule has 0 bridgehead atoms. The van der Waals surface area contributed by atoms with Gasteiger partial charge in [-0.2, -0.15) is 8.78 Å². The van der Waals surface area contributed by atoms with Crippen LogP contribution < -0.4 is 14.2 Å². The van der Waals surface area contributed by atoms with Crippen molar-refractivity contribution in [2.75, 3.05) is 46.6 Å². The summed E-state index contributed by atoms with van der Waals surface area (Å²) in [5.74, 6) is 0.421. The summed E-state index contributed by atoms with van der Waals surface area (Å²) in [5, 5.41) is 0. The Labute approximate surface area is 180 Å². The minimum Gasteiger partial charge on any atom is -0.493 e. The first kappa shape index (κ1) is 22.7. The van der Waals surface area contributed by atoms with Crippen molar-refractivity contribution < 1.29 is 32.5 Å². The summed E-state index contributed by atoms with van der Waals surface area (Å²) in [6.07, 6.45) is 3.09. The van der Waals surface area contributed by atoms with Crippen LogP contribution in [0.15, 0.2) is 48.5 Å². The zero-order valence-electron chi connectivity index (χ0n) is 17.3. The summed E-state index contributed by atoms with van der Waals surface area (Å²) < 4.78 is 45.3. The molecule has 1 heterocycles. The molecule has 0 amide bonds. The summed E-state index contributed by atoms with van der Waals surface area (Å²) in [4.78, 5) is 14.7. The molecule has 0 radical (unpaired) electrons. The Morgan fingerprint density at radius 2 is 1.87 bits per heavy atom. The van der Waals surface area contributed by atoms with Crippen molar-refractivity contribution in [1.82, 2.24) is 4.90 Å². The lowest BCUT2D eigenvalue weighted by atomic mass is 10.1. The van der Waals surface area contributed by atoms with Crippen molar-refractivity contribution in [3.05, 3.63) is 59.7 Å². The van der Waals surface area contributed by atoms with Crippen LogP contribution >= 0.6 is 0 Å². The molecular formula is C23H25F2NO5. The third-order valence-electron chi connectivity index (χ3n) is 4.75. The van der Waals surface area contributed by atoms with Gasteiger partial charge in [0, 0.05) is 25.2 Å². The summed E-state index contributed by atoms with van der Waals surface area (Å²) in [5.41, 5.74) is 1.14. The number of carbonyl (C=O) groups is 1. The molecule has 2 aromatic rings. The largest absolute Gasteiger partial charge is 0.493 e. The molecule has 0 aromatic heterocycles. The van der Waals surface area contributed by atoms with E-state index in [0.717, 1.165) is 44.2 Å². The van der Waals surface area contributed by atoms with Crippen molar-refractivity contribution in [3.63, 3.8) is 0 Å². The van der Waals surface area contributed by atoms with Crippen LogP contribution in [-0.4, -0.2) is 63.9 Å². The summed E-state index contributed by atoms with van der Waals surface area (Å²) in [7, 11) is 1.32. The van der Waals surface area contributed by atoms with Crippen LogP contribution in [0.4, 0.5) is 8.78 Å². The topological polar surface area (TPSA) is 57.2 Å². The quantitative estimate of drug-likeness (QED) is 0.418. The van der Waals surface area contributed by atoms with Gasteiger partial charge in [-0.25, -0.2) is 0 Å². The lowest BCUT2D eigenvalue weighted by Crippen LogP contribution is -2.38. The highest BCUT2D eigenvalue weighted by atomic mass is 19.3. The minimum absolute atomic E-state index is 0.0677. The van der Waals surface area contributed by atoms with Crippen LogP contribution in [0.2, 0.25) is 0 Å². The minimum atomic E-state index is -2.97. The van der Waals surface area contributed by atoms with E-state index in [9.17, 15) is 13.6 Å². The molecule has 0 saturated carbocycles. The fourth-order valence-corrected chi connectivity index (χ4v) is 3.07. The summed E-state index contributed by atoms with van der Waals surface area (Å²) in [6.45, 7) is 1.86. The molecule has 3 rings (SSSR count). The molecule has 166 valence electrons. The van der Waals surface area contributed by atoms with E-state index in [1.165, 1.54) is 31.4 Å². The standard InChI is InChI=1S/C23H25F2NO5/c1-28-22-16-18(5-9-21(22)31-23(24)25)20(27)8-4-17-2-6-19(7-3-17)30-15-12-26-10-13-29-14-11-26/h2-9,16,23H,10-15H2,1H3/b8-4+. The normalized spacial score (nSPS) is 14.7. The Balaban J connectivity index is 1.53. The Morgan fingerprint density at radius 1 is 1.13 bits per heavy atom.